The zero-order valence-electron chi connectivity index (χ0n) is 13.9. The predicted molar refractivity (Wildman–Crippen MR) is 89.6 cm³/mol. The SMILES string of the molecule is COc1cc(-c2cnn3cc(OC)c(-c4cc(C)no4)nc23)ccn1. The van der Waals surface area contributed by atoms with Crippen LogP contribution in [0.25, 0.3) is 28.2 Å². The molecule has 0 saturated heterocycles. The first-order valence-corrected chi connectivity index (χ1v) is 7.56. The fourth-order valence-corrected chi connectivity index (χ4v) is 2.59. The zero-order chi connectivity index (χ0) is 17.4. The second-order valence-electron chi connectivity index (χ2n) is 5.40. The highest BCUT2D eigenvalue weighted by molar-refractivity contribution is 5.79. The summed E-state index contributed by atoms with van der Waals surface area (Å²) in [5.74, 6) is 1.61. The molecule has 0 aliphatic heterocycles. The molecule has 8 heteroatoms. The number of hydrogen-bond donors (Lipinski definition) is 0. The van der Waals surface area contributed by atoms with Crippen molar-refractivity contribution in [1.29, 1.82) is 0 Å². The minimum Gasteiger partial charge on any atom is -0.493 e. The molecule has 8 nitrogen and oxygen atoms in total. The van der Waals surface area contributed by atoms with E-state index < -0.39 is 0 Å². The van der Waals surface area contributed by atoms with E-state index in [1.165, 1.54) is 0 Å². The lowest BCUT2D eigenvalue weighted by molar-refractivity contribution is 0.398. The Balaban J connectivity index is 1.93. The third-order valence-electron chi connectivity index (χ3n) is 3.80. The number of ether oxygens (including phenoxy) is 2. The number of rotatable bonds is 4. The Labute approximate surface area is 143 Å². The van der Waals surface area contributed by atoms with Crippen molar-refractivity contribution in [2.75, 3.05) is 14.2 Å². The van der Waals surface area contributed by atoms with Crippen LogP contribution in [0.4, 0.5) is 0 Å². The van der Waals surface area contributed by atoms with Gasteiger partial charge in [0, 0.05) is 23.9 Å². The molecule has 4 heterocycles. The minimum absolute atomic E-state index is 0.524. The van der Waals surface area contributed by atoms with Crippen LogP contribution in [-0.4, -0.2) is 39.0 Å². The maximum absolute atomic E-state index is 5.43. The van der Waals surface area contributed by atoms with Gasteiger partial charge in [-0.2, -0.15) is 5.10 Å². The van der Waals surface area contributed by atoms with Gasteiger partial charge in [0.1, 0.15) is 0 Å². The lowest BCUT2D eigenvalue weighted by Gasteiger charge is -2.07. The Kier molecular flexibility index (Phi) is 3.57. The largest absolute Gasteiger partial charge is 0.493 e. The number of methoxy groups -OCH3 is 2. The van der Waals surface area contributed by atoms with Crippen LogP contribution in [0.1, 0.15) is 5.69 Å². The van der Waals surface area contributed by atoms with Gasteiger partial charge >= 0.3 is 0 Å². The molecule has 0 atom stereocenters. The summed E-state index contributed by atoms with van der Waals surface area (Å²) in [5.41, 5.74) is 3.75. The van der Waals surface area contributed by atoms with E-state index in [1.54, 1.807) is 37.3 Å². The van der Waals surface area contributed by atoms with Gasteiger partial charge < -0.3 is 14.0 Å². The van der Waals surface area contributed by atoms with Gasteiger partial charge in [-0.3, -0.25) is 0 Å². The van der Waals surface area contributed by atoms with Crippen LogP contribution in [0, 0.1) is 6.92 Å². The van der Waals surface area contributed by atoms with Gasteiger partial charge in [0.15, 0.2) is 22.9 Å². The maximum atomic E-state index is 5.43. The molecule has 0 aliphatic carbocycles. The number of hydrogen-bond acceptors (Lipinski definition) is 7. The zero-order valence-corrected chi connectivity index (χ0v) is 13.9. The van der Waals surface area contributed by atoms with Gasteiger partial charge in [0.05, 0.1) is 32.3 Å². The molecule has 0 saturated carbocycles. The minimum atomic E-state index is 0.524. The molecule has 0 aromatic carbocycles. The van der Waals surface area contributed by atoms with E-state index in [2.05, 4.69) is 15.2 Å². The Morgan fingerprint density at radius 1 is 1.16 bits per heavy atom. The van der Waals surface area contributed by atoms with Crippen molar-refractivity contribution < 1.29 is 14.0 Å². The Bertz CT molecular complexity index is 1050. The van der Waals surface area contributed by atoms with Crippen LogP contribution in [-0.2, 0) is 0 Å². The lowest BCUT2D eigenvalue weighted by atomic mass is 10.1. The van der Waals surface area contributed by atoms with Crippen LogP contribution >= 0.6 is 0 Å². The molecule has 0 bridgehead atoms. The molecule has 0 fully saturated rings. The van der Waals surface area contributed by atoms with Crippen LogP contribution in [0.5, 0.6) is 11.6 Å². The molecule has 4 aromatic heterocycles. The molecular formula is C17H15N5O3. The van der Waals surface area contributed by atoms with Crippen LogP contribution < -0.4 is 9.47 Å². The van der Waals surface area contributed by atoms with Crippen LogP contribution in [0.3, 0.4) is 0 Å². The van der Waals surface area contributed by atoms with Crippen molar-refractivity contribution in [3.8, 4) is 34.2 Å². The average Bonchev–Trinajstić information content (AvgIpc) is 3.26. The van der Waals surface area contributed by atoms with E-state index in [0.717, 1.165) is 16.8 Å². The standard InChI is InChI=1S/C17H15N5O3/c1-10-6-13(25-21-10)16-14(23-2)9-22-17(20-16)12(8-19-22)11-4-5-18-15(7-11)24-3/h4-9H,1-3H3. The summed E-state index contributed by atoms with van der Waals surface area (Å²) in [7, 11) is 3.16. The molecule has 0 N–H and O–H groups in total. The normalized spacial score (nSPS) is 11.0. The third-order valence-corrected chi connectivity index (χ3v) is 3.80. The van der Waals surface area contributed by atoms with Crippen molar-refractivity contribution in [3.63, 3.8) is 0 Å². The molecule has 25 heavy (non-hydrogen) atoms. The van der Waals surface area contributed by atoms with Crippen molar-refractivity contribution in [3.05, 3.63) is 42.5 Å². The highest BCUT2D eigenvalue weighted by atomic mass is 16.5. The van der Waals surface area contributed by atoms with Gasteiger partial charge in [0.2, 0.25) is 5.88 Å². The number of pyridine rings is 1. The summed E-state index contributed by atoms with van der Waals surface area (Å²) < 4.78 is 17.6. The van der Waals surface area contributed by atoms with E-state index in [4.69, 9.17) is 19.0 Å². The number of nitrogens with zero attached hydrogens (tertiary/aromatic N) is 5. The molecule has 0 unspecified atom stereocenters. The van der Waals surface area contributed by atoms with E-state index in [0.29, 0.717) is 28.7 Å². The average molecular weight is 337 g/mol. The Hall–Kier alpha value is -3.42. The van der Waals surface area contributed by atoms with Crippen molar-refractivity contribution >= 4 is 5.65 Å². The molecule has 0 amide bonds. The summed E-state index contributed by atoms with van der Waals surface area (Å²) in [5, 5.41) is 8.29. The molecule has 126 valence electrons. The van der Waals surface area contributed by atoms with Gasteiger partial charge in [-0.1, -0.05) is 5.16 Å². The molecular weight excluding hydrogens is 322 g/mol. The van der Waals surface area contributed by atoms with E-state index in [-0.39, 0.29) is 0 Å². The van der Waals surface area contributed by atoms with E-state index in [1.807, 2.05) is 25.1 Å². The van der Waals surface area contributed by atoms with Crippen LogP contribution in [0.15, 0.2) is 41.3 Å². The maximum Gasteiger partial charge on any atom is 0.213 e. The Morgan fingerprint density at radius 2 is 2.04 bits per heavy atom. The van der Waals surface area contributed by atoms with E-state index >= 15 is 0 Å². The summed E-state index contributed by atoms with van der Waals surface area (Å²) >= 11 is 0. The van der Waals surface area contributed by atoms with Crippen molar-refractivity contribution in [1.82, 2.24) is 24.7 Å². The van der Waals surface area contributed by atoms with Crippen molar-refractivity contribution in [2.24, 2.45) is 0 Å². The third kappa shape index (κ3) is 2.57. The summed E-state index contributed by atoms with van der Waals surface area (Å²) in [4.78, 5) is 8.83. The number of aromatic nitrogens is 5. The monoisotopic (exact) mass is 337 g/mol. The smallest absolute Gasteiger partial charge is 0.213 e. The van der Waals surface area contributed by atoms with E-state index in [9.17, 15) is 0 Å². The number of aryl methyl sites for hydroxylation is 1. The second-order valence-corrected chi connectivity index (χ2v) is 5.40. The fraction of sp³-hybridized carbons (Fsp3) is 0.176. The van der Waals surface area contributed by atoms with Gasteiger partial charge in [-0.25, -0.2) is 14.5 Å². The lowest BCUT2D eigenvalue weighted by Crippen LogP contribution is -1.97. The molecule has 4 rings (SSSR count). The first-order chi connectivity index (χ1) is 12.2. The summed E-state index contributed by atoms with van der Waals surface area (Å²) in [6.07, 6.45) is 5.19. The fourth-order valence-electron chi connectivity index (χ4n) is 2.59. The van der Waals surface area contributed by atoms with Gasteiger partial charge in [0.25, 0.3) is 0 Å². The molecule has 0 spiro atoms. The van der Waals surface area contributed by atoms with Crippen molar-refractivity contribution in [2.45, 2.75) is 6.92 Å². The Morgan fingerprint density at radius 3 is 2.76 bits per heavy atom. The van der Waals surface area contributed by atoms with Crippen LogP contribution in [0.2, 0.25) is 0 Å². The quantitative estimate of drug-likeness (QED) is 0.566. The second kappa shape index (κ2) is 5.90. The van der Waals surface area contributed by atoms with Gasteiger partial charge in [-0.15, -0.1) is 0 Å². The van der Waals surface area contributed by atoms with Gasteiger partial charge in [-0.05, 0) is 18.6 Å². The molecule has 0 aliphatic rings. The first kappa shape index (κ1) is 15.1. The topological polar surface area (TPSA) is 87.6 Å². The predicted octanol–water partition coefficient (Wildman–Crippen LogP) is 2.77. The summed E-state index contributed by atoms with van der Waals surface area (Å²) in [6, 6.07) is 5.53. The number of fused-ring (bicyclic) bond motifs is 1. The first-order valence-electron chi connectivity index (χ1n) is 7.56. The highest BCUT2D eigenvalue weighted by Crippen LogP contribution is 2.32. The molecule has 0 radical (unpaired) electrons. The highest BCUT2D eigenvalue weighted by Gasteiger charge is 2.18. The summed E-state index contributed by atoms with van der Waals surface area (Å²) in [6.45, 7) is 1.85. The molecule has 4 aromatic rings.